The van der Waals surface area contributed by atoms with Crippen LogP contribution in [0.4, 0.5) is 4.39 Å². The molecular weight excluding hydrogens is 319 g/mol. The topological polar surface area (TPSA) is 46.3 Å². The van der Waals surface area contributed by atoms with Crippen molar-refractivity contribution in [3.63, 3.8) is 0 Å². The van der Waals surface area contributed by atoms with E-state index in [1.54, 1.807) is 18.2 Å². The van der Waals surface area contributed by atoms with Crippen molar-refractivity contribution in [2.45, 2.75) is 57.9 Å². The van der Waals surface area contributed by atoms with Gasteiger partial charge >= 0.3 is 0 Å². The minimum absolute atomic E-state index is 0.153. The number of nitrogens with zero attached hydrogens (tertiary/aromatic N) is 2. The van der Waals surface area contributed by atoms with Gasteiger partial charge in [-0.3, -0.25) is 4.79 Å². The number of aromatic nitrogens is 1. The van der Waals surface area contributed by atoms with Gasteiger partial charge in [-0.15, -0.1) is 0 Å². The zero-order valence-electron chi connectivity index (χ0n) is 14.7. The number of oxazole rings is 1. The third kappa shape index (κ3) is 4.27. The smallest absolute Gasteiger partial charge is 0.223 e. The Morgan fingerprint density at radius 2 is 2.04 bits per heavy atom. The molecule has 1 fully saturated rings. The van der Waals surface area contributed by atoms with Crippen molar-refractivity contribution in [2.75, 3.05) is 6.54 Å². The molecule has 1 amide bonds. The third-order valence-corrected chi connectivity index (χ3v) is 4.92. The van der Waals surface area contributed by atoms with Gasteiger partial charge in [-0.05, 0) is 31.9 Å². The fourth-order valence-corrected chi connectivity index (χ4v) is 3.60. The number of aryl methyl sites for hydroxylation is 1. The second-order valence-corrected chi connectivity index (χ2v) is 6.57. The van der Waals surface area contributed by atoms with Crippen molar-refractivity contribution in [3.05, 3.63) is 42.2 Å². The molecule has 0 radical (unpaired) electrons. The van der Waals surface area contributed by atoms with Crippen molar-refractivity contribution in [1.29, 1.82) is 0 Å². The van der Waals surface area contributed by atoms with Crippen LogP contribution in [0.2, 0.25) is 0 Å². The zero-order chi connectivity index (χ0) is 17.6. The number of hydrogen-bond acceptors (Lipinski definition) is 3. The lowest BCUT2D eigenvalue weighted by molar-refractivity contribution is -0.134. The van der Waals surface area contributed by atoms with E-state index in [4.69, 9.17) is 4.42 Å². The van der Waals surface area contributed by atoms with Gasteiger partial charge in [0.25, 0.3) is 0 Å². The SMILES string of the molecule is CCN(C(=O)CCc1ncc(-c2ccccc2F)o1)C1CCCCC1. The molecule has 4 nitrogen and oxygen atoms in total. The Bertz CT molecular complexity index is 707. The van der Waals surface area contributed by atoms with E-state index in [1.807, 2.05) is 11.8 Å². The molecule has 0 spiro atoms. The lowest BCUT2D eigenvalue weighted by Crippen LogP contribution is -2.41. The highest BCUT2D eigenvalue weighted by Gasteiger charge is 2.24. The molecule has 1 heterocycles. The highest BCUT2D eigenvalue weighted by molar-refractivity contribution is 5.76. The number of rotatable bonds is 6. The van der Waals surface area contributed by atoms with Crippen LogP contribution in [0.25, 0.3) is 11.3 Å². The largest absolute Gasteiger partial charge is 0.441 e. The Balaban J connectivity index is 1.59. The van der Waals surface area contributed by atoms with Gasteiger partial charge in [0.05, 0.1) is 11.8 Å². The van der Waals surface area contributed by atoms with Gasteiger partial charge in [-0.25, -0.2) is 9.37 Å². The van der Waals surface area contributed by atoms with Crippen molar-refractivity contribution in [3.8, 4) is 11.3 Å². The molecule has 0 atom stereocenters. The summed E-state index contributed by atoms with van der Waals surface area (Å²) in [6.07, 6.45) is 8.25. The first-order valence-corrected chi connectivity index (χ1v) is 9.18. The minimum atomic E-state index is -0.337. The Hall–Kier alpha value is -2.17. The summed E-state index contributed by atoms with van der Waals surface area (Å²) in [5.74, 6) is 0.697. The summed E-state index contributed by atoms with van der Waals surface area (Å²) < 4.78 is 19.4. The highest BCUT2D eigenvalue weighted by Crippen LogP contribution is 2.25. The van der Waals surface area contributed by atoms with Crippen LogP contribution < -0.4 is 0 Å². The fraction of sp³-hybridized carbons (Fsp3) is 0.500. The monoisotopic (exact) mass is 344 g/mol. The second-order valence-electron chi connectivity index (χ2n) is 6.57. The van der Waals surface area contributed by atoms with Gasteiger partial charge in [-0.1, -0.05) is 31.4 Å². The van der Waals surface area contributed by atoms with E-state index in [9.17, 15) is 9.18 Å². The zero-order valence-corrected chi connectivity index (χ0v) is 14.7. The molecule has 0 saturated heterocycles. The molecule has 0 aliphatic heterocycles. The maximum absolute atomic E-state index is 13.8. The molecule has 3 rings (SSSR count). The molecule has 1 aliphatic carbocycles. The molecule has 1 saturated carbocycles. The van der Waals surface area contributed by atoms with Gasteiger partial charge < -0.3 is 9.32 Å². The van der Waals surface area contributed by atoms with Gasteiger partial charge in [-0.2, -0.15) is 0 Å². The van der Waals surface area contributed by atoms with Crippen LogP contribution in [0.5, 0.6) is 0 Å². The molecule has 25 heavy (non-hydrogen) atoms. The van der Waals surface area contributed by atoms with E-state index in [-0.39, 0.29) is 11.7 Å². The van der Waals surface area contributed by atoms with Crippen molar-refractivity contribution >= 4 is 5.91 Å². The summed E-state index contributed by atoms with van der Waals surface area (Å²) >= 11 is 0. The van der Waals surface area contributed by atoms with E-state index in [0.717, 1.165) is 19.4 Å². The Morgan fingerprint density at radius 3 is 2.76 bits per heavy atom. The van der Waals surface area contributed by atoms with E-state index in [0.29, 0.717) is 36.1 Å². The number of carbonyl (C=O) groups excluding carboxylic acids is 1. The van der Waals surface area contributed by atoms with Crippen molar-refractivity contribution in [2.24, 2.45) is 0 Å². The Morgan fingerprint density at radius 1 is 1.28 bits per heavy atom. The van der Waals surface area contributed by atoms with Crippen LogP contribution >= 0.6 is 0 Å². The fourth-order valence-electron chi connectivity index (χ4n) is 3.60. The van der Waals surface area contributed by atoms with Gasteiger partial charge in [0, 0.05) is 25.4 Å². The lowest BCUT2D eigenvalue weighted by Gasteiger charge is -2.33. The number of amides is 1. The van der Waals surface area contributed by atoms with Crippen molar-refractivity contribution < 1.29 is 13.6 Å². The van der Waals surface area contributed by atoms with Crippen LogP contribution in [-0.2, 0) is 11.2 Å². The predicted molar refractivity (Wildman–Crippen MR) is 94.5 cm³/mol. The van der Waals surface area contributed by atoms with Crippen molar-refractivity contribution in [1.82, 2.24) is 9.88 Å². The maximum Gasteiger partial charge on any atom is 0.223 e. The first-order valence-electron chi connectivity index (χ1n) is 9.18. The van der Waals surface area contributed by atoms with Crippen LogP contribution in [0.15, 0.2) is 34.9 Å². The van der Waals surface area contributed by atoms with E-state index in [1.165, 1.54) is 31.5 Å². The normalized spacial score (nSPS) is 15.3. The Kier molecular flexibility index (Phi) is 5.84. The summed E-state index contributed by atoms with van der Waals surface area (Å²) in [7, 11) is 0. The van der Waals surface area contributed by atoms with Crippen LogP contribution in [0, 0.1) is 5.82 Å². The Labute approximate surface area is 148 Å². The molecule has 1 aromatic carbocycles. The standard InChI is InChI=1S/C20H25FN2O2/c1-2-23(15-8-4-3-5-9-15)20(24)13-12-19-22-14-18(25-19)16-10-6-7-11-17(16)21/h6-7,10-11,14-15H,2-5,8-9,12-13H2,1H3. The average Bonchev–Trinajstić information content (AvgIpc) is 3.11. The maximum atomic E-state index is 13.8. The van der Waals surface area contributed by atoms with Crippen LogP contribution in [0.3, 0.4) is 0 Å². The summed E-state index contributed by atoms with van der Waals surface area (Å²) in [6, 6.07) is 6.83. The van der Waals surface area contributed by atoms with Crippen LogP contribution in [0.1, 0.15) is 51.3 Å². The molecule has 1 aliphatic rings. The van der Waals surface area contributed by atoms with E-state index < -0.39 is 0 Å². The summed E-state index contributed by atoms with van der Waals surface area (Å²) in [5.41, 5.74) is 0.393. The second kappa shape index (κ2) is 8.28. The molecule has 0 bridgehead atoms. The molecule has 5 heteroatoms. The number of halogens is 1. The number of hydrogen-bond donors (Lipinski definition) is 0. The third-order valence-electron chi connectivity index (χ3n) is 4.92. The molecule has 0 N–H and O–H groups in total. The highest BCUT2D eigenvalue weighted by atomic mass is 19.1. The molecule has 1 aromatic heterocycles. The first kappa shape index (κ1) is 17.6. The number of carbonyl (C=O) groups is 1. The average molecular weight is 344 g/mol. The number of benzene rings is 1. The van der Waals surface area contributed by atoms with E-state index in [2.05, 4.69) is 4.98 Å². The molecule has 0 unspecified atom stereocenters. The first-order chi connectivity index (χ1) is 12.2. The van der Waals surface area contributed by atoms with Gasteiger partial charge in [0.2, 0.25) is 5.91 Å². The van der Waals surface area contributed by atoms with E-state index >= 15 is 0 Å². The van der Waals surface area contributed by atoms with Gasteiger partial charge in [0.15, 0.2) is 11.7 Å². The molecule has 134 valence electrons. The summed E-state index contributed by atoms with van der Waals surface area (Å²) in [4.78, 5) is 18.8. The molecule has 2 aromatic rings. The quantitative estimate of drug-likeness (QED) is 0.770. The summed E-state index contributed by atoms with van der Waals surface area (Å²) in [6.45, 7) is 2.78. The van der Waals surface area contributed by atoms with Crippen LogP contribution in [-0.4, -0.2) is 28.4 Å². The summed E-state index contributed by atoms with van der Waals surface area (Å²) in [5, 5.41) is 0. The lowest BCUT2D eigenvalue weighted by atomic mass is 9.94. The minimum Gasteiger partial charge on any atom is -0.441 e. The van der Waals surface area contributed by atoms with Gasteiger partial charge in [0.1, 0.15) is 5.82 Å². The molecular formula is C20H25FN2O2. The predicted octanol–water partition coefficient (Wildman–Crippen LogP) is 4.59.